The molecule has 5 aliphatic carbocycles. The number of sulfone groups is 1. The number of ether oxygens (including phenoxy) is 3. The number of nitrogens with zero attached hydrogens (tertiary/aromatic N) is 1. The number of likely N-dealkylation sites (N-methyl/N-ethyl adjacent to an activating group) is 1. The van der Waals surface area contributed by atoms with E-state index in [2.05, 4.69) is 18.7 Å². The number of fused-ring (bicyclic) bond motifs is 2. The zero-order valence-electron chi connectivity index (χ0n) is 28.0. The predicted octanol–water partition coefficient (Wildman–Crippen LogP) is 4.00. The van der Waals surface area contributed by atoms with E-state index in [1.54, 1.807) is 38.5 Å². The number of carbonyl (C=O) groups is 1. The van der Waals surface area contributed by atoms with E-state index in [-0.39, 0.29) is 52.9 Å². The summed E-state index contributed by atoms with van der Waals surface area (Å²) in [4.78, 5) is 16.3. The molecule has 2 aromatic carbocycles. The summed E-state index contributed by atoms with van der Waals surface area (Å²) in [6.07, 6.45) is 2.17. The maximum Gasteiger partial charge on any atom is 0.339 e. The summed E-state index contributed by atoms with van der Waals surface area (Å²) >= 11 is 0. The molecule has 6 fully saturated rings. The van der Waals surface area contributed by atoms with Gasteiger partial charge in [0.2, 0.25) is 0 Å². The number of methoxy groups -OCH3 is 2. The molecule has 1 saturated heterocycles. The summed E-state index contributed by atoms with van der Waals surface area (Å²) in [5.74, 6) is -2.59. The average molecular weight is 684 g/mol. The standard InChI is InChI=1S/C37H46FNO8S/c1-5-39-20-34(47-33(40)23-11-7-6-10-22(23)19-48(43,44)27-13-9-8-12-26(27)38)15-14-30(45-3)36-28(34)17-25(31(36)39)35(41)18-21(2)24-16-29(36)37(35,42)32(24)46-4/h6-13,21,24-25,28-32,41-42H,5,14-20H2,1-4H3/t21-,24+,25?,28?,29?,30-,31+,32-,34+,35-,36-,37-/m0/s1. The fourth-order valence-electron chi connectivity index (χ4n) is 12.6. The number of piperidine rings is 1. The molecule has 1 spiro atoms. The Morgan fingerprint density at radius 3 is 2.48 bits per heavy atom. The van der Waals surface area contributed by atoms with E-state index in [0.29, 0.717) is 45.2 Å². The van der Waals surface area contributed by atoms with Gasteiger partial charge in [0.15, 0.2) is 9.84 Å². The number of rotatable bonds is 8. The smallest absolute Gasteiger partial charge is 0.339 e. The van der Waals surface area contributed by atoms with Crippen molar-refractivity contribution in [1.29, 1.82) is 0 Å². The number of carbonyl (C=O) groups excluding carboxylic acids is 1. The first-order valence-corrected chi connectivity index (χ1v) is 19.0. The predicted molar refractivity (Wildman–Crippen MR) is 173 cm³/mol. The summed E-state index contributed by atoms with van der Waals surface area (Å²) in [5.41, 5.74) is -4.04. The van der Waals surface area contributed by atoms with Crippen LogP contribution in [-0.2, 0) is 29.8 Å². The summed E-state index contributed by atoms with van der Waals surface area (Å²) in [6, 6.07) is 11.6. The molecule has 9 nitrogen and oxygen atoms in total. The van der Waals surface area contributed by atoms with Crippen molar-refractivity contribution in [3.8, 4) is 0 Å². The van der Waals surface area contributed by atoms with Crippen LogP contribution in [0, 0.1) is 40.8 Å². The van der Waals surface area contributed by atoms with Gasteiger partial charge in [-0.15, -0.1) is 0 Å². The molecule has 1 aliphatic heterocycles. The Morgan fingerprint density at radius 1 is 1.04 bits per heavy atom. The van der Waals surface area contributed by atoms with E-state index in [0.717, 1.165) is 6.07 Å². The van der Waals surface area contributed by atoms with Crippen molar-refractivity contribution in [2.75, 3.05) is 27.3 Å². The number of benzene rings is 2. The second kappa shape index (κ2) is 10.8. The minimum absolute atomic E-state index is 0.0698. The van der Waals surface area contributed by atoms with Crippen molar-refractivity contribution in [1.82, 2.24) is 4.90 Å². The number of halogens is 1. The van der Waals surface area contributed by atoms with Crippen LogP contribution in [0.15, 0.2) is 53.4 Å². The third kappa shape index (κ3) is 3.89. The van der Waals surface area contributed by atoms with Crippen LogP contribution < -0.4 is 0 Å². The molecule has 7 bridgehead atoms. The van der Waals surface area contributed by atoms with E-state index in [9.17, 15) is 27.8 Å². The van der Waals surface area contributed by atoms with E-state index in [1.807, 2.05) is 0 Å². The van der Waals surface area contributed by atoms with Gasteiger partial charge in [0.1, 0.15) is 27.5 Å². The Bertz CT molecular complexity index is 1760. The molecule has 260 valence electrons. The van der Waals surface area contributed by atoms with Crippen molar-refractivity contribution in [3.63, 3.8) is 0 Å². The lowest BCUT2D eigenvalue weighted by Crippen LogP contribution is -2.83. The van der Waals surface area contributed by atoms with Crippen LogP contribution in [0.5, 0.6) is 0 Å². The normalized spacial score (nSPS) is 44.1. The van der Waals surface area contributed by atoms with Gasteiger partial charge in [-0.25, -0.2) is 17.6 Å². The number of likely N-dealkylation sites (tertiary alicyclic amines) is 1. The SMILES string of the molecule is CCN1C[C@]2(OC(=O)c3ccccc3CS(=O)(=O)c3ccccc3F)CC[C@H](OC)[C@@]34C2CC([C@@H]13)[C@@]1(O)C[C@H](C)[C@H]2CC4[C@]1(O)[C@H]2OC. The number of hydrogen-bond donors (Lipinski definition) is 2. The minimum Gasteiger partial charge on any atom is -0.454 e. The fraction of sp³-hybridized carbons (Fsp3) is 0.649. The molecule has 12 atom stereocenters. The highest BCUT2D eigenvalue weighted by molar-refractivity contribution is 7.90. The monoisotopic (exact) mass is 683 g/mol. The highest BCUT2D eigenvalue weighted by atomic mass is 32.2. The highest BCUT2D eigenvalue weighted by Crippen LogP contribution is 2.79. The summed E-state index contributed by atoms with van der Waals surface area (Å²) in [5, 5.41) is 25.8. The van der Waals surface area contributed by atoms with E-state index >= 15 is 0 Å². The number of hydrogen-bond acceptors (Lipinski definition) is 9. The van der Waals surface area contributed by atoms with Crippen molar-refractivity contribution in [2.24, 2.45) is 35.0 Å². The first-order chi connectivity index (χ1) is 22.8. The molecule has 1 heterocycles. The Morgan fingerprint density at radius 2 is 1.77 bits per heavy atom. The zero-order chi connectivity index (χ0) is 34.0. The largest absolute Gasteiger partial charge is 0.454 e. The molecule has 0 radical (unpaired) electrons. The van der Waals surface area contributed by atoms with Gasteiger partial charge in [-0.2, -0.15) is 0 Å². The molecular weight excluding hydrogens is 637 g/mol. The molecule has 2 N–H and O–H groups in total. The summed E-state index contributed by atoms with van der Waals surface area (Å²) in [6.45, 7) is 5.39. The molecule has 8 rings (SSSR count). The Kier molecular flexibility index (Phi) is 7.37. The molecule has 48 heavy (non-hydrogen) atoms. The van der Waals surface area contributed by atoms with Crippen molar-refractivity contribution in [2.45, 2.75) is 91.7 Å². The molecule has 3 unspecified atom stereocenters. The lowest BCUT2D eigenvalue weighted by molar-refractivity contribution is -0.335. The molecule has 2 aromatic rings. The third-order valence-electron chi connectivity index (χ3n) is 14.0. The molecule has 6 aliphatic rings. The minimum atomic E-state index is -4.11. The van der Waals surface area contributed by atoms with Gasteiger partial charge in [0.25, 0.3) is 0 Å². The van der Waals surface area contributed by atoms with E-state index in [1.165, 1.54) is 18.2 Å². The van der Waals surface area contributed by atoms with Crippen molar-refractivity contribution >= 4 is 15.8 Å². The maximum atomic E-state index is 14.6. The number of esters is 1. The molecule has 5 saturated carbocycles. The van der Waals surface area contributed by atoms with Gasteiger partial charge >= 0.3 is 5.97 Å². The second-order valence-electron chi connectivity index (χ2n) is 15.5. The third-order valence-corrected chi connectivity index (χ3v) is 15.7. The van der Waals surface area contributed by atoms with Crippen LogP contribution in [0.4, 0.5) is 4.39 Å². The van der Waals surface area contributed by atoms with Crippen LogP contribution in [0.2, 0.25) is 0 Å². The average Bonchev–Trinajstić information content (AvgIpc) is 3.49. The summed E-state index contributed by atoms with van der Waals surface area (Å²) in [7, 11) is -0.750. The highest BCUT2D eigenvalue weighted by Gasteiger charge is 2.88. The van der Waals surface area contributed by atoms with Gasteiger partial charge in [0, 0.05) is 50.0 Å². The van der Waals surface area contributed by atoms with Gasteiger partial charge in [-0.05, 0) is 74.2 Å². The molecule has 11 heteroatoms. The van der Waals surface area contributed by atoms with Gasteiger partial charge in [0.05, 0.1) is 23.5 Å². The Balaban J connectivity index is 1.21. The lowest BCUT2D eigenvalue weighted by Gasteiger charge is -2.70. The Hall–Kier alpha value is -2.41. The van der Waals surface area contributed by atoms with Gasteiger partial charge < -0.3 is 24.4 Å². The first kappa shape index (κ1) is 32.8. The van der Waals surface area contributed by atoms with E-state index in [4.69, 9.17) is 14.2 Å². The molecule has 0 amide bonds. The Labute approximate surface area is 281 Å². The second-order valence-corrected chi connectivity index (χ2v) is 17.5. The van der Waals surface area contributed by atoms with Crippen LogP contribution in [0.1, 0.15) is 61.9 Å². The lowest BCUT2D eigenvalue weighted by atomic mass is 9.43. The number of aliphatic hydroxyl groups is 2. The quantitative estimate of drug-likeness (QED) is 0.398. The summed E-state index contributed by atoms with van der Waals surface area (Å²) < 4.78 is 60.5. The fourth-order valence-corrected chi connectivity index (χ4v) is 14.0. The van der Waals surface area contributed by atoms with Crippen LogP contribution in [-0.4, -0.2) is 91.9 Å². The van der Waals surface area contributed by atoms with Gasteiger partial charge in [-0.1, -0.05) is 44.2 Å². The van der Waals surface area contributed by atoms with E-state index < -0.39 is 60.6 Å². The van der Waals surface area contributed by atoms with Crippen molar-refractivity contribution < 1.29 is 42.0 Å². The van der Waals surface area contributed by atoms with Crippen LogP contribution in [0.25, 0.3) is 0 Å². The molecule has 0 aromatic heterocycles. The van der Waals surface area contributed by atoms with Crippen LogP contribution in [0.3, 0.4) is 0 Å². The van der Waals surface area contributed by atoms with Gasteiger partial charge in [-0.3, -0.25) is 4.90 Å². The van der Waals surface area contributed by atoms with Crippen LogP contribution >= 0.6 is 0 Å². The molecular formula is C37H46FNO8S. The maximum absolute atomic E-state index is 14.6. The first-order valence-electron chi connectivity index (χ1n) is 17.4. The topological polar surface area (TPSA) is 123 Å². The zero-order valence-corrected chi connectivity index (χ0v) is 28.8. The van der Waals surface area contributed by atoms with Crippen molar-refractivity contribution in [3.05, 3.63) is 65.5 Å².